The maximum atomic E-state index is 13.2. The van der Waals surface area contributed by atoms with Crippen LogP contribution in [0, 0.1) is 31.4 Å². The molecule has 2 heterocycles. The summed E-state index contributed by atoms with van der Waals surface area (Å²) in [5.74, 6) is 0.362. The second-order valence-corrected chi connectivity index (χ2v) is 7.08. The molecule has 2 aromatic carbocycles. The lowest BCUT2D eigenvalue weighted by Crippen LogP contribution is -2.00. The second kappa shape index (κ2) is 7.56. The van der Waals surface area contributed by atoms with Crippen LogP contribution in [0.15, 0.2) is 53.6 Å². The van der Waals surface area contributed by atoms with Crippen molar-refractivity contribution in [2.45, 2.75) is 20.8 Å². The van der Waals surface area contributed by atoms with E-state index in [0.29, 0.717) is 10.6 Å². The van der Waals surface area contributed by atoms with Crippen LogP contribution in [0.5, 0.6) is 0 Å². The number of halogens is 1. The molecule has 0 aliphatic heterocycles. The third kappa shape index (κ3) is 3.54. The minimum atomic E-state index is -0.282. The van der Waals surface area contributed by atoms with E-state index in [1.807, 2.05) is 45.0 Å². The molecule has 0 spiro atoms. The van der Waals surface area contributed by atoms with Crippen molar-refractivity contribution in [1.29, 1.82) is 0 Å². The van der Waals surface area contributed by atoms with Crippen LogP contribution in [-0.2, 0) is 0 Å². The Morgan fingerprint density at radius 3 is 2.52 bits per heavy atom. The average Bonchev–Trinajstić information content (AvgIpc) is 3.20. The normalized spacial score (nSPS) is 11.4. The fourth-order valence-electron chi connectivity index (χ4n) is 3.19. The number of H-pyrrole nitrogens is 1. The maximum Gasteiger partial charge on any atom is 0.216 e. The molecule has 29 heavy (non-hydrogen) atoms. The molecule has 0 unspecified atom stereocenters. The number of aryl methyl sites for hydroxylation is 2. The molecule has 1 N–H and O–H groups in total. The molecule has 4 rings (SSSR count). The van der Waals surface area contributed by atoms with Crippen LogP contribution in [0.2, 0.25) is 0 Å². The third-order valence-corrected chi connectivity index (χ3v) is 5.02. The highest BCUT2D eigenvalue weighted by Gasteiger charge is 2.13. The van der Waals surface area contributed by atoms with E-state index >= 15 is 0 Å². The molecule has 0 radical (unpaired) electrons. The number of aromatic nitrogens is 5. The van der Waals surface area contributed by atoms with Crippen LogP contribution >= 0.6 is 12.2 Å². The summed E-state index contributed by atoms with van der Waals surface area (Å²) in [4.78, 5) is 0. The molecular weight excluding hydrogens is 387 g/mol. The smallest absolute Gasteiger partial charge is 0.216 e. The number of hydrogen-bond donors (Lipinski definition) is 1. The number of nitrogens with zero attached hydrogens (tertiary/aromatic N) is 5. The van der Waals surface area contributed by atoms with E-state index in [2.05, 4.69) is 20.4 Å². The predicted molar refractivity (Wildman–Crippen MR) is 114 cm³/mol. The number of rotatable bonds is 4. The zero-order valence-corrected chi connectivity index (χ0v) is 17.0. The first-order valence-corrected chi connectivity index (χ1v) is 9.46. The molecular formula is C21H19FN6S. The average molecular weight is 406 g/mol. The van der Waals surface area contributed by atoms with E-state index in [0.717, 1.165) is 33.8 Å². The molecule has 6 nitrogen and oxygen atoms in total. The Morgan fingerprint density at radius 1 is 1.07 bits per heavy atom. The third-order valence-electron chi connectivity index (χ3n) is 4.76. The lowest BCUT2D eigenvalue weighted by molar-refractivity contribution is 0.627. The lowest BCUT2D eigenvalue weighted by atomic mass is 10.1. The van der Waals surface area contributed by atoms with E-state index in [1.165, 1.54) is 12.1 Å². The van der Waals surface area contributed by atoms with Gasteiger partial charge in [-0.1, -0.05) is 24.3 Å². The summed E-state index contributed by atoms with van der Waals surface area (Å²) in [6.07, 6.45) is 1.73. The quantitative estimate of drug-likeness (QED) is 0.393. The van der Waals surface area contributed by atoms with Gasteiger partial charge in [0.25, 0.3) is 0 Å². The van der Waals surface area contributed by atoms with Gasteiger partial charge < -0.3 is 0 Å². The second-order valence-electron chi connectivity index (χ2n) is 6.70. The highest BCUT2D eigenvalue weighted by atomic mass is 32.1. The fraction of sp³-hybridized carbons (Fsp3) is 0.143. The Hall–Kier alpha value is -3.39. The standard InChI is InChI=1S/C21H19FN6S/c1-13-6-4-5-7-18(13)20-24-25-21(29)28(20)23-12-19-14(2)26-27(15(19)3)17-10-8-16(22)9-11-17/h4-12H,1-3H3,(H,25,29). The van der Waals surface area contributed by atoms with E-state index < -0.39 is 0 Å². The van der Waals surface area contributed by atoms with E-state index in [-0.39, 0.29) is 5.82 Å². The van der Waals surface area contributed by atoms with Crippen LogP contribution in [0.25, 0.3) is 17.1 Å². The van der Waals surface area contributed by atoms with E-state index in [1.54, 1.807) is 27.7 Å². The monoisotopic (exact) mass is 406 g/mol. The summed E-state index contributed by atoms with van der Waals surface area (Å²) in [5.41, 5.74) is 5.38. The molecule has 0 aliphatic rings. The van der Waals surface area contributed by atoms with Crippen LogP contribution < -0.4 is 0 Å². The molecule has 8 heteroatoms. The summed E-state index contributed by atoms with van der Waals surface area (Å²) in [6.45, 7) is 5.87. The first-order valence-electron chi connectivity index (χ1n) is 9.05. The molecule has 0 aliphatic carbocycles. The molecule has 0 saturated heterocycles. The fourth-order valence-corrected chi connectivity index (χ4v) is 3.37. The topological polar surface area (TPSA) is 63.8 Å². The highest BCUT2D eigenvalue weighted by Crippen LogP contribution is 2.22. The van der Waals surface area contributed by atoms with Gasteiger partial charge in [0.15, 0.2) is 5.82 Å². The van der Waals surface area contributed by atoms with Gasteiger partial charge in [0.05, 0.1) is 23.3 Å². The summed E-state index contributed by atoms with van der Waals surface area (Å²) in [6, 6.07) is 14.1. The van der Waals surface area contributed by atoms with E-state index in [4.69, 9.17) is 12.2 Å². The minimum Gasteiger partial charge on any atom is -0.250 e. The molecule has 4 aromatic rings. The zero-order valence-electron chi connectivity index (χ0n) is 16.2. The molecule has 0 amide bonds. The van der Waals surface area contributed by atoms with Gasteiger partial charge in [-0.2, -0.15) is 20.0 Å². The van der Waals surface area contributed by atoms with Crippen LogP contribution in [0.3, 0.4) is 0 Å². The van der Waals surface area contributed by atoms with Crippen molar-refractivity contribution in [3.05, 3.63) is 81.6 Å². The Labute approximate surface area is 172 Å². The van der Waals surface area contributed by atoms with Crippen LogP contribution in [0.1, 0.15) is 22.5 Å². The highest BCUT2D eigenvalue weighted by molar-refractivity contribution is 7.71. The van der Waals surface area contributed by atoms with Gasteiger partial charge in [-0.05, 0) is 62.8 Å². The van der Waals surface area contributed by atoms with Gasteiger partial charge in [0.1, 0.15) is 5.82 Å². The number of benzene rings is 2. The molecule has 0 saturated carbocycles. The Balaban J connectivity index is 1.75. The molecule has 2 aromatic heterocycles. The number of nitrogens with one attached hydrogen (secondary N) is 1. The van der Waals surface area contributed by atoms with Crippen molar-refractivity contribution in [2.24, 2.45) is 5.10 Å². The number of aromatic amines is 1. The SMILES string of the molecule is Cc1ccccc1-c1n[nH]c(=S)n1N=Cc1c(C)nn(-c2ccc(F)cc2)c1C. The van der Waals surface area contributed by atoms with Crippen molar-refractivity contribution >= 4 is 18.4 Å². The first-order chi connectivity index (χ1) is 14.0. The summed E-state index contributed by atoms with van der Waals surface area (Å²) >= 11 is 5.37. The molecule has 0 fully saturated rings. The summed E-state index contributed by atoms with van der Waals surface area (Å²) in [7, 11) is 0. The Kier molecular flexibility index (Phi) is 4.94. The predicted octanol–water partition coefficient (Wildman–Crippen LogP) is 4.74. The van der Waals surface area contributed by atoms with Gasteiger partial charge in [0, 0.05) is 11.1 Å². The van der Waals surface area contributed by atoms with Crippen molar-refractivity contribution < 1.29 is 4.39 Å². The van der Waals surface area contributed by atoms with Crippen molar-refractivity contribution in [1.82, 2.24) is 24.7 Å². The molecule has 0 bridgehead atoms. The summed E-state index contributed by atoms with van der Waals surface area (Å²) < 4.78 is 17.0. The van der Waals surface area contributed by atoms with Gasteiger partial charge in [-0.25, -0.2) is 14.2 Å². The van der Waals surface area contributed by atoms with Gasteiger partial charge >= 0.3 is 0 Å². The van der Waals surface area contributed by atoms with Gasteiger partial charge in [0.2, 0.25) is 4.77 Å². The Bertz CT molecular complexity index is 1260. The van der Waals surface area contributed by atoms with E-state index in [9.17, 15) is 4.39 Å². The van der Waals surface area contributed by atoms with Crippen LogP contribution in [0.4, 0.5) is 4.39 Å². The molecule has 146 valence electrons. The van der Waals surface area contributed by atoms with Gasteiger partial charge in [-0.3, -0.25) is 0 Å². The molecule has 0 atom stereocenters. The van der Waals surface area contributed by atoms with Gasteiger partial charge in [-0.15, -0.1) is 0 Å². The van der Waals surface area contributed by atoms with Crippen molar-refractivity contribution in [3.8, 4) is 17.1 Å². The summed E-state index contributed by atoms with van der Waals surface area (Å²) in [5, 5.41) is 16.3. The largest absolute Gasteiger partial charge is 0.250 e. The minimum absolute atomic E-state index is 0.282. The van der Waals surface area contributed by atoms with Crippen molar-refractivity contribution in [2.75, 3.05) is 0 Å². The number of hydrogen-bond acceptors (Lipinski definition) is 4. The van der Waals surface area contributed by atoms with Crippen LogP contribution in [-0.4, -0.2) is 30.9 Å². The zero-order chi connectivity index (χ0) is 20.5. The first kappa shape index (κ1) is 18.9. The lowest BCUT2D eigenvalue weighted by Gasteiger charge is -2.05. The Morgan fingerprint density at radius 2 is 1.79 bits per heavy atom. The maximum absolute atomic E-state index is 13.2. The van der Waals surface area contributed by atoms with Crippen molar-refractivity contribution in [3.63, 3.8) is 0 Å².